The first-order valence-electron chi connectivity index (χ1n) is 6.22. The standard InChI is InChI=1S/C13H13N7/c1-2-16-12-8(7-14)11(15)20(19-12)13-17-9-5-3-4-6-10(9)18-13/h3-6H,2,15H2,1H3,(H,16,19)(H,17,18). The summed E-state index contributed by atoms with van der Waals surface area (Å²) in [6.45, 7) is 2.59. The molecule has 0 aliphatic rings. The van der Waals surface area contributed by atoms with E-state index in [0.29, 0.717) is 23.9 Å². The highest BCUT2D eigenvalue weighted by molar-refractivity contribution is 5.76. The zero-order valence-corrected chi connectivity index (χ0v) is 10.9. The lowest BCUT2D eigenvalue weighted by molar-refractivity contribution is 0.839. The molecular formula is C13H13N7. The molecule has 0 radical (unpaired) electrons. The first-order valence-corrected chi connectivity index (χ1v) is 6.22. The molecule has 20 heavy (non-hydrogen) atoms. The average Bonchev–Trinajstić information content (AvgIpc) is 3.00. The normalized spacial score (nSPS) is 10.6. The van der Waals surface area contributed by atoms with Crippen LogP contribution >= 0.6 is 0 Å². The summed E-state index contributed by atoms with van der Waals surface area (Å²) in [5.41, 5.74) is 8.01. The summed E-state index contributed by atoms with van der Waals surface area (Å²) in [7, 11) is 0. The molecular weight excluding hydrogens is 254 g/mol. The number of aromatic amines is 1. The number of imidazole rings is 1. The summed E-state index contributed by atoms with van der Waals surface area (Å²) in [5.74, 6) is 1.22. The van der Waals surface area contributed by atoms with Gasteiger partial charge in [0.2, 0.25) is 5.95 Å². The van der Waals surface area contributed by atoms with Crippen LogP contribution in [-0.2, 0) is 0 Å². The Morgan fingerprint density at radius 1 is 1.45 bits per heavy atom. The largest absolute Gasteiger partial charge is 0.382 e. The number of nitrogens with zero attached hydrogens (tertiary/aromatic N) is 4. The Balaban J connectivity index is 2.16. The number of nitrogens with two attached hydrogens (primary N) is 1. The van der Waals surface area contributed by atoms with Crippen LogP contribution in [0.4, 0.5) is 11.6 Å². The number of aromatic nitrogens is 4. The summed E-state index contributed by atoms with van der Waals surface area (Å²) in [6.07, 6.45) is 0. The van der Waals surface area contributed by atoms with E-state index < -0.39 is 0 Å². The second kappa shape index (κ2) is 4.59. The van der Waals surface area contributed by atoms with Crippen LogP contribution in [0.2, 0.25) is 0 Å². The zero-order valence-electron chi connectivity index (χ0n) is 10.9. The molecule has 0 aliphatic carbocycles. The smallest absolute Gasteiger partial charge is 0.231 e. The molecule has 1 aromatic carbocycles. The van der Waals surface area contributed by atoms with Gasteiger partial charge in [0.15, 0.2) is 11.6 Å². The average molecular weight is 267 g/mol. The van der Waals surface area contributed by atoms with E-state index in [-0.39, 0.29) is 5.82 Å². The fraction of sp³-hybridized carbons (Fsp3) is 0.154. The Labute approximate surface area is 115 Å². The molecule has 0 spiro atoms. The maximum absolute atomic E-state index is 9.17. The van der Waals surface area contributed by atoms with Crippen molar-refractivity contribution in [3.05, 3.63) is 29.8 Å². The molecule has 4 N–H and O–H groups in total. The van der Waals surface area contributed by atoms with Crippen LogP contribution in [-0.4, -0.2) is 26.3 Å². The topological polar surface area (TPSA) is 108 Å². The lowest BCUT2D eigenvalue weighted by Gasteiger charge is -1.97. The molecule has 0 unspecified atom stereocenters. The van der Waals surface area contributed by atoms with Crippen LogP contribution in [0.3, 0.4) is 0 Å². The van der Waals surface area contributed by atoms with Gasteiger partial charge in [0, 0.05) is 6.54 Å². The molecule has 0 saturated carbocycles. The van der Waals surface area contributed by atoms with Gasteiger partial charge in [-0.05, 0) is 19.1 Å². The molecule has 3 rings (SSSR count). The molecule has 0 amide bonds. The number of nitrogens with one attached hydrogen (secondary N) is 2. The summed E-state index contributed by atoms with van der Waals surface area (Å²) >= 11 is 0. The second-order valence-corrected chi connectivity index (χ2v) is 4.24. The van der Waals surface area contributed by atoms with Crippen LogP contribution in [0.15, 0.2) is 24.3 Å². The van der Waals surface area contributed by atoms with Gasteiger partial charge in [0.1, 0.15) is 11.6 Å². The van der Waals surface area contributed by atoms with Crippen molar-refractivity contribution in [2.75, 3.05) is 17.6 Å². The molecule has 100 valence electrons. The quantitative estimate of drug-likeness (QED) is 0.668. The van der Waals surface area contributed by atoms with Crippen LogP contribution < -0.4 is 11.1 Å². The molecule has 7 nitrogen and oxygen atoms in total. The van der Waals surface area contributed by atoms with Crippen molar-refractivity contribution in [3.63, 3.8) is 0 Å². The van der Waals surface area contributed by atoms with Gasteiger partial charge in [-0.15, -0.1) is 5.10 Å². The highest BCUT2D eigenvalue weighted by atomic mass is 15.4. The van der Waals surface area contributed by atoms with E-state index in [1.54, 1.807) is 0 Å². The number of para-hydroxylation sites is 2. The Morgan fingerprint density at radius 3 is 2.95 bits per heavy atom. The number of nitrogen functional groups attached to an aromatic ring is 1. The van der Waals surface area contributed by atoms with Crippen LogP contribution in [0.25, 0.3) is 17.0 Å². The van der Waals surface area contributed by atoms with Gasteiger partial charge in [-0.2, -0.15) is 9.94 Å². The summed E-state index contributed by atoms with van der Waals surface area (Å²) in [5, 5.41) is 16.5. The van der Waals surface area contributed by atoms with Gasteiger partial charge in [-0.25, -0.2) is 4.98 Å². The summed E-state index contributed by atoms with van der Waals surface area (Å²) in [4.78, 5) is 7.55. The third-order valence-electron chi connectivity index (χ3n) is 2.95. The van der Waals surface area contributed by atoms with Gasteiger partial charge in [-0.1, -0.05) is 12.1 Å². The highest BCUT2D eigenvalue weighted by Gasteiger charge is 2.17. The zero-order chi connectivity index (χ0) is 14.1. The van der Waals surface area contributed by atoms with Crippen molar-refractivity contribution in [2.24, 2.45) is 0 Å². The van der Waals surface area contributed by atoms with E-state index in [4.69, 9.17) is 5.73 Å². The first kappa shape index (κ1) is 12.0. The van der Waals surface area contributed by atoms with Crippen molar-refractivity contribution in [2.45, 2.75) is 6.92 Å². The van der Waals surface area contributed by atoms with E-state index >= 15 is 0 Å². The number of benzene rings is 1. The Hall–Kier alpha value is -3.01. The number of anilines is 2. The monoisotopic (exact) mass is 267 g/mol. The minimum Gasteiger partial charge on any atom is -0.382 e. The van der Waals surface area contributed by atoms with E-state index in [2.05, 4.69) is 26.5 Å². The van der Waals surface area contributed by atoms with Crippen molar-refractivity contribution in [3.8, 4) is 12.0 Å². The summed E-state index contributed by atoms with van der Waals surface area (Å²) < 4.78 is 1.44. The predicted octanol–water partition coefficient (Wildman–Crippen LogP) is 1.63. The molecule has 7 heteroatoms. The van der Waals surface area contributed by atoms with Gasteiger partial charge < -0.3 is 16.0 Å². The molecule has 3 aromatic rings. The van der Waals surface area contributed by atoms with E-state index in [1.165, 1.54) is 4.68 Å². The van der Waals surface area contributed by atoms with Gasteiger partial charge >= 0.3 is 0 Å². The molecule has 0 atom stereocenters. The van der Waals surface area contributed by atoms with Crippen LogP contribution in [0.5, 0.6) is 0 Å². The number of H-pyrrole nitrogens is 1. The lowest BCUT2D eigenvalue weighted by atomic mass is 10.3. The molecule has 0 aliphatic heterocycles. The van der Waals surface area contributed by atoms with Crippen molar-refractivity contribution in [1.29, 1.82) is 5.26 Å². The number of hydrogen-bond donors (Lipinski definition) is 3. The number of rotatable bonds is 3. The third-order valence-corrected chi connectivity index (χ3v) is 2.95. The van der Waals surface area contributed by atoms with E-state index in [0.717, 1.165) is 11.0 Å². The van der Waals surface area contributed by atoms with Crippen molar-refractivity contribution < 1.29 is 0 Å². The third kappa shape index (κ3) is 1.75. The molecule has 2 aromatic heterocycles. The maximum Gasteiger partial charge on any atom is 0.231 e. The van der Waals surface area contributed by atoms with Crippen molar-refractivity contribution >= 4 is 22.7 Å². The van der Waals surface area contributed by atoms with Crippen LogP contribution in [0.1, 0.15) is 12.5 Å². The van der Waals surface area contributed by atoms with Crippen molar-refractivity contribution in [1.82, 2.24) is 19.7 Å². The Bertz CT molecular complexity index is 773. The number of nitriles is 1. The second-order valence-electron chi connectivity index (χ2n) is 4.24. The molecule has 0 fully saturated rings. The minimum atomic E-state index is 0.266. The number of hydrogen-bond acceptors (Lipinski definition) is 5. The summed E-state index contributed by atoms with van der Waals surface area (Å²) in [6, 6.07) is 9.70. The van der Waals surface area contributed by atoms with Gasteiger partial charge in [0.25, 0.3) is 0 Å². The number of fused-ring (bicyclic) bond motifs is 1. The molecule has 2 heterocycles. The Morgan fingerprint density at radius 2 is 2.25 bits per heavy atom. The Kier molecular flexibility index (Phi) is 2.76. The first-order chi connectivity index (χ1) is 9.74. The predicted molar refractivity (Wildman–Crippen MR) is 76.5 cm³/mol. The lowest BCUT2D eigenvalue weighted by Crippen LogP contribution is -2.04. The van der Waals surface area contributed by atoms with E-state index in [9.17, 15) is 5.26 Å². The fourth-order valence-corrected chi connectivity index (χ4v) is 2.03. The molecule has 0 saturated heterocycles. The maximum atomic E-state index is 9.17. The fourth-order valence-electron chi connectivity index (χ4n) is 2.03. The SMILES string of the molecule is CCNc1nn(-c2nc3ccccc3[nH]2)c(N)c1C#N. The highest BCUT2D eigenvalue weighted by Crippen LogP contribution is 2.24. The minimum absolute atomic E-state index is 0.266. The van der Waals surface area contributed by atoms with Gasteiger partial charge in [-0.3, -0.25) is 0 Å². The molecule has 0 bridgehead atoms. The van der Waals surface area contributed by atoms with E-state index in [1.807, 2.05) is 31.2 Å². The van der Waals surface area contributed by atoms with Gasteiger partial charge in [0.05, 0.1) is 11.0 Å². The van der Waals surface area contributed by atoms with Crippen LogP contribution in [0, 0.1) is 11.3 Å².